The van der Waals surface area contributed by atoms with Crippen LogP contribution in [0.4, 0.5) is 5.69 Å². The van der Waals surface area contributed by atoms with Gasteiger partial charge >= 0.3 is 5.97 Å². The van der Waals surface area contributed by atoms with Gasteiger partial charge in [0.1, 0.15) is 0 Å². The molecule has 0 radical (unpaired) electrons. The lowest BCUT2D eigenvalue weighted by atomic mass is 10.1. The number of Topliss-reactive ketones (excluding diaryl/α,β-unsaturated/α-hetero) is 1. The van der Waals surface area contributed by atoms with Crippen molar-refractivity contribution in [2.75, 3.05) is 5.73 Å². The molecule has 0 amide bonds. The first-order valence-corrected chi connectivity index (χ1v) is 7.23. The van der Waals surface area contributed by atoms with E-state index in [9.17, 15) is 9.59 Å². The number of nitrogens with one attached hydrogen (secondary N) is 1. The second kappa shape index (κ2) is 5.96. The first-order valence-electron chi connectivity index (χ1n) is 7.23. The maximum atomic E-state index is 12.3. The predicted molar refractivity (Wildman–Crippen MR) is 88.4 cm³/mol. The van der Waals surface area contributed by atoms with Gasteiger partial charge in [0.2, 0.25) is 5.78 Å². The van der Waals surface area contributed by atoms with Crippen molar-refractivity contribution in [2.24, 2.45) is 0 Å². The van der Waals surface area contributed by atoms with E-state index in [1.54, 1.807) is 37.4 Å². The van der Waals surface area contributed by atoms with E-state index in [2.05, 4.69) is 4.98 Å². The molecule has 23 heavy (non-hydrogen) atoms. The molecule has 1 heterocycles. The van der Waals surface area contributed by atoms with Crippen LogP contribution in [0.2, 0.25) is 0 Å². The predicted octanol–water partition coefficient (Wildman–Crippen LogP) is 3.18. The van der Waals surface area contributed by atoms with Gasteiger partial charge in [-0.1, -0.05) is 18.2 Å². The van der Waals surface area contributed by atoms with Crippen LogP contribution in [0.5, 0.6) is 0 Å². The third-order valence-electron chi connectivity index (χ3n) is 3.66. The fourth-order valence-electron chi connectivity index (χ4n) is 2.40. The number of ether oxygens (including phenoxy) is 1. The number of aromatic amines is 1. The fraction of sp³-hybridized carbons (Fsp3) is 0.111. The molecule has 0 spiro atoms. The molecule has 1 aromatic heterocycles. The van der Waals surface area contributed by atoms with Gasteiger partial charge in [-0.05, 0) is 37.3 Å². The lowest BCUT2D eigenvalue weighted by Crippen LogP contribution is -2.24. The summed E-state index contributed by atoms with van der Waals surface area (Å²) < 4.78 is 5.31. The zero-order valence-corrected chi connectivity index (χ0v) is 12.6. The number of nitrogens with two attached hydrogens (primary N) is 1. The lowest BCUT2D eigenvalue weighted by Gasteiger charge is -2.12. The molecule has 1 unspecified atom stereocenters. The van der Waals surface area contributed by atoms with E-state index in [4.69, 9.17) is 10.5 Å². The summed E-state index contributed by atoms with van der Waals surface area (Å²) in [6.07, 6.45) is 0.715. The summed E-state index contributed by atoms with van der Waals surface area (Å²) in [4.78, 5) is 27.6. The highest BCUT2D eigenvalue weighted by molar-refractivity contribution is 6.06. The van der Waals surface area contributed by atoms with E-state index in [0.29, 0.717) is 16.8 Å². The van der Waals surface area contributed by atoms with Crippen molar-refractivity contribution in [2.45, 2.75) is 13.0 Å². The number of H-pyrrole nitrogens is 1. The molecular formula is C18H16N2O3. The highest BCUT2D eigenvalue weighted by Crippen LogP contribution is 2.19. The zero-order valence-electron chi connectivity index (χ0n) is 12.6. The molecule has 2 aromatic carbocycles. The van der Waals surface area contributed by atoms with Gasteiger partial charge in [-0.25, -0.2) is 4.79 Å². The smallest absolute Gasteiger partial charge is 0.341 e. The highest BCUT2D eigenvalue weighted by atomic mass is 16.5. The summed E-state index contributed by atoms with van der Waals surface area (Å²) in [5, 5.41) is 0.768. The number of benzene rings is 2. The number of esters is 1. The van der Waals surface area contributed by atoms with Gasteiger partial charge in [0.25, 0.3) is 0 Å². The summed E-state index contributed by atoms with van der Waals surface area (Å²) in [6.45, 7) is 1.56. The number of nitrogen functional groups attached to an aromatic ring is 1. The van der Waals surface area contributed by atoms with Crippen LogP contribution < -0.4 is 5.73 Å². The Morgan fingerprint density at radius 3 is 2.52 bits per heavy atom. The first-order chi connectivity index (χ1) is 11.1. The van der Waals surface area contributed by atoms with Crippen LogP contribution in [0.15, 0.2) is 54.7 Å². The highest BCUT2D eigenvalue weighted by Gasteiger charge is 2.22. The van der Waals surface area contributed by atoms with Crippen molar-refractivity contribution in [3.63, 3.8) is 0 Å². The molecule has 3 N–H and O–H groups in total. The van der Waals surface area contributed by atoms with Crippen molar-refractivity contribution < 1.29 is 14.3 Å². The molecule has 116 valence electrons. The number of aromatic nitrogens is 1. The molecule has 0 aliphatic rings. The van der Waals surface area contributed by atoms with Gasteiger partial charge in [0, 0.05) is 28.4 Å². The van der Waals surface area contributed by atoms with Gasteiger partial charge in [-0.3, -0.25) is 4.79 Å². The van der Waals surface area contributed by atoms with Gasteiger partial charge in [0.15, 0.2) is 6.10 Å². The number of carbonyl (C=O) groups excluding carboxylic acids is 2. The average Bonchev–Trinajstić information content (AvgIpc) is 2.99. The normalized spacial score (nSPS) is 12.0. The molecule has 0 saturated carbocycles. The second-order valence-corrected chi connectivity index (χ2v) is 5.28. The number of para-hydroxylation sites is 1. The summed E-state index contributed by atoms with van der Waals surface area (Å²) >= 11 is 0. The third kappa shape index (κ3) is 2.94. The molecule has 0 bridgehead atoms. The standard InChI is InChI=1S/C18H16N2O3/c1-11(17(21)12-6-8-13(19)9-7-12)23-18(22)15-10-20-16-5-3-2-4-14(15)16/h2-11,20H,19H2,1H3. The van der Waals surface area contributed by atoms with Crippen LogP contribution in [0.3, 0.4) is 0 Å². The topological polar surface area (TPSA) is 85.2 Å². The fourth-order valence-corrected chi connectivity index (χ4v) is 2.40. The Kier molecular flexibility index (Phi) is 3.85. The Hall–Kier alpha value is -3.08. The number of hydrogen-bond donors (Lipinski definition) is 2. The van der Waals surface area contributed by atoms with Gasteiger partial charge in [0.05, 0.1) is 5.56 Å². The van der Waals surface area contributed by atoms with Crippen LogP contribution in [0.1, 0.15) is 27.6 Å². The van der Waals surface area contributed by atoms with Gasteiger partial charge < -0.3 is 15.5 Å². The van der Waals surface area contributed by atoms with Crippen molar-refractivity contribution in [1.82, 2.24) is 4.98 Å². The first kappa shape index (κ1) is 14.8. The molecule has 3 aromatic rings. The van der Waals surface area contributed by atoms with E-state index in [1.165, 1.54) is 0 Å². The molecule has 0 fully saturated rings. The summed E-state index contributed by atoms with van der Waals surface area (Å²) in [5.41, 5.74) is 7.89. The SMILES string of the molecule is CC(OC(=O)c1c[nH]c2ccccc12)C(=O)c1ccc(N)cc1. The molecular weight excluding hydrogens is 292 g/mol. The largest absolute Gasteiger partial charge is 0.451 e. The third-order valence-corrected chi connectivity index (χ3v) is 3.66. The molecule has 1 atom stereocenters. The zero-order chi connectivity index (χ0) is 16.4. The van der Waals surface area contributed by atoms with Crippen molar-refractivity contribution in [1.29, 1.82) is 0 Å². The van der Waals surface area contributed by atoms with Gasteiger partial charge in [-0.15, -0.1) is 0 Å². The number of anilines is 1. The summed E-state index contributed by atoms with van der Waals surface area (Å²) in [5.74, 6) is -0.795. The Bertz CT molecular complexity index is 865. The minimum atomic E-state index is -0.875. The minimum absolute atomic E-state index is 0.266. The number of ketones is 1. The van der Waals surface area contributed by atoms with E-state index in [-0.39, 0.29) is 5.78 Å². The summed E-state index contributed by atoms with van der Waals surface area (Å²) in [6, 6.07) is 13.9. The molecule has 0 saturated heterocycles. The van der Waals surface area contributed by atoms with Crippen LogP contribution in [0, 0.1) is 0 Å². The van der Waals surface area contributed by atoms with Crippen LogP contribution in [0.25, 0.3) is 10.9 Å². The van der Waals surface area contributed by atoms with E-state index >= 15 is 0 Å². The quantitative estimate of drug-likeness (QED) is 0.440. The van der Waals surface area contributed by atoms with Crippen LogP contribution in [-0.4, -0.2) is 22.8 Å². The molecule has 5 nitrogen and oxygen atoms in total. The average molecular weight is 308 g/mol. The maximum absolute atomic E-state index is 12.3. The van der Waals surface area contributed by atoms with E-state index in [0.717, 1.165) is 10.9 Å². The van der Waals surface area contributed by atoms with E-state index < -0.39 is 12.1 Å². The van der Waals surface area contributed by atoms with E-state index in [1.807, 2.05) is 24.3 Å². The van der Waals surface area contributed by atoms with Crippen molar-refractivity contribution in [3.05, 3.63) is 65.9 Å². The lowest BCUT2D eigenvalue weighted by molar-refractivity contribution is 0.0321. The number of fused-ring (bicyclic) bond motifs is 1. The second-order valence-electron chi connectivity index (χ2n) is 5.28. The maximum Gasteiger partial charge on any atom is 0.341 e. The molecule has 3 rings (SSSR count). The molecule has 0 aliphatic heterocycles. The van der Waals surface area contributed by atoms with Gasteiger partial charge in [-0.2, -0.15) is 0 Å². The molecule has 0 aliphatic carbocycles. The minimum Gasteiger partial charge on any atom is -0.451 e. The monoisotopic (exact) mass is 308 g/mol. The summed E-state index contributed by atoms with van der Waals surface area (Å²) in [7, 11) is 0. The van der Waals surface area contributed by atoms with Crippen LogP contribution in [-0.2, 0) is 4.74 Å². The number of rotatable bonds is 4. The number of hydrogen-bond acceptors (Lipinski definition) is 4. The Balaban J connectivity index is 1.77. The van der Waals surface area contributed by atoms with Crippen LogP contribution >= 0.6 is 0 Å². The molecule has 5 heteroatoms. The Morgan fingerprint density at radius 2 is 1.78 bits per heavy atom. The Morgan fingerprint density at radius 1 is 1.09 bits per heavy atom. The Labute approximate surface area is 133 Å². The van der Waals surface area contributed by atoms with Crippen molar-refractivity contribution in [3.8, 4) is 0 Å². The number of carbonyl (C=O) groups is 2. The van der Waals surface area contributed by atoms with Crippen molar-refractivity contribution >= 4 is 28.3 Å².